The first kappa shape index (κ1) is 14.5. The standard InChI is InChI=1S/C17H17N5O2/c18-17-20-13-4-2-10(8-12(13)16(21-17)22-19)11-3-5-14-15(9-11)24-7-1-6-23-14/h2-5,8-9H,1,6-7,19H2,(H3,18,20,21,22). The lowest BCUT2D eigenvalue weighted by Gasteiger charge is -2.11. The van der Waals surface area contributed by atoms with E-state index in [4.69, 9.17) is 21.1 Å². The van der Waals surface area contributed by atoms with Crippen LogP contribution in [0.15, 0.2) is 36.4 Å². The lowest BCUT2D eigenvalue weighted by atomic mass is 10.0. The Morgan fingerprint density at radius 2 is 1.67 bits per heavy atom. The smallest absolute Gasteiger partial charge is 0.222 e. The number of hydrogen-bond acceptors (Lipinski definition) is 7. The van der Waals surface area contributed by atoms with E-state index in [0.29, 0.717) is 19.0 Å². The third-order valence-corrected chi connectivity index (χ3v) is 3.93. The van der Waals surface area contributed by atoms with E-state index >= 15 is 0 Å². The fourth-order valence-corrected chi connectivity index (χ4v) is 2.78. The number of rotatable bonds is 2. The van der Waals surface area contributed by atoms with Gasteiger partial charge in [-0.1, -0.05) is 12.1 Å². The predicted molar refractivity (Wildman–Crippen MR) is 92.8 cm³/mol. The summed E-state index contributed by atoms with van der Waals surface area (Å²) in [4.78, 5) is 8.35. The number of nitrogens with one attached hydrogen (secondary N) is 1. The van der Waals surface area contributed by atoms with E-state index in [1.165, 1.54) is 0 Å². The number of benzene rings is 2. The fraction of sp³-hybridized carbons (Fsp3) is 0.176. The molecule has 0 saturated carbocycles. The Balaban J connectivity index is 1.82. The SMILES string of the molecule is NNc1nc(N)nc2ccc(-c3ccc4c(c3)OCCCO4)cc12. The van der Waals surface area contributed by atoms with E-state index in [1.54, 1.807) is 0 Å². The highest BCUT2D eigenvalue weighted by atomic mass is 16.5. The van der Waals surface area contributed by atoms with Gasteiger partial charge in [-0.3, -0.25) is 0 Å². The first-order chi connectivity index (χ1) is 11.7. The highest BCUT2D eigenvalue weighted by molar-refractivity contribution is 5.93. The molecule has 122 valence electrons. The van der Waals surface area contributed by atoms with E-state index < -0.39 is 0 Å². The van der Waals surface area contributed by atoms with Crippen molar-refractivity contribution in [2.24, 2.45) is 5.84 Å². The minimum Gasteiger partial charge on any atom is -0.490 e. The Morgan fingerprint density at radius 3 is 2.50 bits per heavy atom. The Bertz CT molecular complexity index is 913. The summed E-state index contributed by atoms with van der Waals surface area (Å²) in [6.45, 7) is 1.33. The summed E-state index contributed by atoms with van der Waals surface area (Å²) >= 11 is 0. The van der Waals surface area contributed by atoms with E-state index in [1.807, 2.05) is 36.4 Å². The molecule has 0 fully saturated rings. The number of fused-ring (bicyclic) bond motifs is 2. The normalized spacial score (nSPS) is 13.5. The number of nitrogens with zero attached hydrogens (tertiary/aromatic N) is 2. The summed E-state index contributed by atoms with van der Waals surface area (Å²) in [7, 11) is 0. The second-order valence-electron chi connectivity index (χ2n) is 5.52. The van der Waals surface area contributed by atoms with Gasteiger partial charge in [0.2, 0.25) is 5.95 Å². The first-order valence-electron chi connectivity index (χ1n) is 7.68. The van der Waals surface area contributed by atoms with Crippen LogP contribution in [-0.4, -0.2) is 23.2 Å². The lowest BCUT2D eigenvalue weighted by Crippen LogP contribution is -2.11. The lowest BCUT2D eigenvalue weighted by molar-refractivity contribution is 0.297. The second-order valence-corrected chi connectivity index (χ2v) is 5.52. The summed E-state index contributed by atoms with van der Waals surface area (Å²) in [5, 5.41) is 0.802. The summed E-state index contributed by atoms with van der Waals surface area (Å²) in [6.07, 6.45) is 0.879. The van der Waals surface area contributed by atoms with Crippen LogP contribution >= 0.6 is 0 Å². The topological polar surface area (TPSA) is 108 Å². The molecule has 0 unspecified atom stereocenters. The van der Waals surface area contributed by atoms with Gasteiger partial charge in [0.25, 0.3) is 0 Å². The molecular weight excluding hydrogens is 306 g/mol. The second kappa shape index (κ2) is 5.86. The number of ether oxygens (including phenoxy) is 2. The molecule has 3 aromatic rings. The van der Waals surface area contributed by atoms with Gasteiger partial charge in [-0.2, -0.15) is 4.98 Å². The Morgan fingerprint density at radius 1 is 0.917 bits per heavy atom. The minimum atomic E-state index is 0.179. The zero-order valence-electron chi connectivity index (χ0n) is 13.0. The fourth-order valence-electron chi connectivity index (χ4n) is 2.78. The van der Waals surface area contributed by atoms with E-state index in [-0.39, 0.29) is 5.95 Å². The molecule has 0 spiro atoms. The van der Waals surface area contributed by atoms with Gasteiger partial charge in [0.15, 0.2) is 17.3 Å². The number of hydrogen-bond donors (Lipinski definition) is 3. The molecule has 0 atom stereocenters. The molecule has 7 heteroatoms. The number of nitrogen functional groups attached to an aromatic ring is 2. The van der Waals surface area contributed by atoms with E-state index in [2.05, 4.69) is 15.4 Å². The molecular formula is C17H17N5O2. The van der Waals surface area contributed by atoms with Crippen LogP contribution in [0.2, 0.25) is 0 Å². The molecule has 5 N–H and O–H groups in total. The highest BCUT2D eigenvalue weighted by Crippen LogP contribution is 2.35. The van der Waals surface area contributed by atoms with Crippen LogP contribution in [0, 0.1) is 0 Å². The zero-order valence-corrected chi connectivity index (χ0v) is 13.0. The van der Waals surface area contributed by atoms with Crippen molar-refractivity contribution in [3.05, 3.63) is 36.4 Å². The maximum atomic E-state index is 5.76. The molecule has 1 aliphatic heterocycles. The van der Waals surface area contributed by atoms with Crippen molar-refractivity contribution in [2.75, 3.05) is 24.4 Å². The van der Waals surface area contributed by atoms with Gasteiger partial charge in [-0.15, -0.1) is 0 Å². The van der Waals surface area contributed by atoms with Gasteiger partial charge < -0.3 is 20.6 Å². The van der Waals surface area contributed by atoms with E-state index in [9.17, 15) is 0 Å². The molecule has 1 aromatic heterocycles. The molecule has 4 rings (SSSR count). The molecule has 0 bridgehead atoms. The molecule has 2 heterocycles. The van der Waals surface area contributed by atoms with Gasteiger partial charge in [-0.05, 0) is 35.4 Å². The first-order valence-corrected chi connectivity index (χ1v) is 7.68. The largest absolute Gasteiger partial charge is 0.490 e. The average molecular weight is 323 g/mol. The van der Waals surface area contributed by atoms with Crippen LogP contribution in [0.3, 0.4) is 0 Å². The molecule has 0 saturated heterocycles. The highest BCUT2D eigenvalue weighted by Gasteiger charge is 2.13. The van der Waals surface area contributed by atoms with Crippen LogP contribution < -0.4 is 26.5 Å². The average Bonchev–Trinajstić information content (AvgIpc) is 2.85. The maximum Gasteiger partial charge on any atom is 0.222 e. The molecule has 1 aliphatic rings. The van der Waals surface area contributed by atoms with Gasteiger partial charge in [0.05, 0.1) is 18.7 Å². The van der Waals surface area contributed by atoms with Crippen molar-refractivity contribution in [3.63, 3.8) is 0 Å². The summed E-state index contributed by atoms with van der Waals surface area (Å²) in [5.74, 6) is 7.76. The maximum absolute atomic E-state index is 5.76. The molecule has 0 aliphatic carbocycles. The van der Waals surface area contributed by atoms with Crippen LogP contribution in [0.5, 0.6) is 11.5 Å². The van der Waals surface area contributed by atoms with Gasteiger partial charge in [0.1, 0.15) is 0 Å². The van der Waals surface area contributed by atoms with Crippen molar-refractivity contribution >= 4 is 22.7 Å². The minimum absolute atomic E-state index is 0.179. The van der Waals surface area contributed by atoms with Gasteiger partial charge >= 0.3 is 0 Å². The van der Waals surface area contributed by atoms with Gasteiger partial charge in [0, 0.05) is 11.8 Å². The van der Waals surface area contributed by atoms with Crippen LogP contribution in [-0.2, 0) is 0 Å². The predicted octanol–water partition coefficient (Wildman–Crippen LogP) is 2.33. The van der Waals surface area contributed by atoms with Gasteiger partial charge in [-0.25, -0.2) is 10.8 Å². The number of hydrazine groups is 1. The molecule has 0 amide bonds. The van der Waals surface area contributed by atoms with Crippen molar-refractivity contribution in [3.8, 4) is 22.6 Å². The summed E-state index contributed by atoms with van der Waals surface area (Å²) in [6, 6.07) is 11.8. The monoisotopic (exact) mass is 323 g/mol. The molecule has 0 radical (unpaired) electrons. The van der Waals surface area contributed by atoms with Crippen LogP contribution in [0.1, 0.15) is 6.42 Å². The van der Waals surface area contributed by atoms with Crippen molar-refractivity contribution in [1.82, 2.24) is 9.97 Å². The molecule has 24 heavy (non-hydrogen) atoms. The number of aromatic nitrogens is 2. The third-order valence-electron chi connectivity index (χ3n) is 3.93. The Labute approximate surface area is 138 Å². The van der Waals surface area contributed by atoms with Crippen molar-refractivity contribution < 1.29 is 9.47 Å². The molecule has 2 aromatic carbocycles. The number of nitrogens with two attached hydrogens (primary N) is 2. The van der Waals surface area contributed by atoms with Crippen LogP contribution in [0.4, 0.5) is 11.8 Å². The summed E-state index contributed by atoms with van der Waals surface area (Å²) < 4.78 is 11.4. The third kappa shape index (κ3) is 2.55. The summed E-state index contributed by atoms with van der Waals surface area (Å²) in [5.41, 5.74) is 11.0. The quantitative estimate of drug-likeness (QED) is 0.490. The Kier molecular flexibility index (Phi) is 3.55. The zero-order chi connectivity index (χ0) is 16.5. The van der Waals surface area contributed by atoms with Crippen molar-refractivity contribution in [1.29, 1.82) is 0 Å². The van der Waals surface area contributed by atoms with Crippen LogP contribution in [0.25, 0.3) is 22.0 Å². The number of anilines is 2. The van der Waals surface area contributed by atoms with Crippen molar-refractivity contribution in [2.45, 2.75) is 6.42 Å². The van der Waals surface area contributed by atoms with E-state index in [0.717, 1.165) is 39.9 Å². The molecule has 7 nitrogen and oxygen atoms in total. The Hall–Kier alpha value is -3.06.